The number of nitrogens with zero attached hydrogens (tertiary/aromatic N) is 1. The number of rotatable bonds is 5. The van der Waals surface area contributed by atoms with Crippen molar-refractivity contribution in [1.82, 2.24) is 10.2 Å². The van der Waals surface area contributed by atoms with E-state index in [2.05, 4.69) is 12.2 Å². The Balaban J connectivity index is 1.94. The number of carboxylic acids is 1. The van der Waals surface area contributed by atoms with Crippen LogP contribution < -0.4 is 5.32 Å². The Morgan fingerprint density at radius 2 is 2.11 bits per heavy atom. The second-order valence-corrected chi connectivity index (χ2v) is 5.80. The van der Waals surface area contributed by atoms with E-state index in [1.807, 2.05) is 6.92 Å². The van der Waals surface area contributed by atoms with E-state index in [1.54, 1.807) is 4.90 Å². The molecule has 2 N–H and O–H groups in total. The molecule has 108 valence electrons. The zero-order chi connectivity index (χ0) is 14.0. The lowest BCUT2D eigenvalue weighted by molar-refractivity contribution is -0.142. The van der Waals surface area contributed by atoms with E-state index in [0.29, 0.717) is 19.7 Å². The van der Waals surface area contributed by atoms with Gasteiger partial charge in [-0.3, -0.25) is 4.79 Å². The Kier molecular flexibility index (Phi) is 3.99. The molecule has 6 nitrogen and oxygen atoms in total. The van der Waals surface area contributed by atoms with E-state index in [1.165, 1.54) is 0 Å². The van der Waals surface area contributed by atoms with Gasteiger partial charge in [0, 0.05) is 13.1 Å². The average Bonchev–Trinajstić information content (AvgIpc) is 2.91. The quantitative estimate of drug-likeness (QED) is 0.778. The highest BCUT2D eigenvalue weighted by Crippen LogP contribution is 2.44. The summed E-state index contributed by atoms with van der Waals surface area (Å²) in [6.07, 6.45) is 2.29. The fraction of sp³-hybridized carbons (Fsp3) is 0.846. The standard InChI is InChI=1S/C13H22N2O4/c1-3-15(10-7-19-6-9(10)11(16)17)12(18)14-8-13(2)4-5-13/h9-10H,3-8H2,1-2H3,(H,14,18)(H,16,17). The predicted molar refractivity (Wildman–Crippen MR) is 68.9 cm³/mol. The number of amides is 2. The molecule has 6 heteroatoms. The second kappa shape index (κ2) is 5.36. The van der Waals surface area contributed by atoms with Gasteiger partial charge in [-0.15, -0.1) is 0 Å². The van der Waals surface area contributed by atoms with Gasteiger partial charge in [-0.25, -0.2) is 4.79 Å². The normalized spacial score (nSPS) is 27.9. The molecule has 2 unspecified atom stereocenters. The Bertz CT molecular complexity index is 368. The summed E-state index contributed by atoms with van der Waals surface area (Å²) in [5.41, 5.74) is 0.243. The maximum atomic E-state index is 12.2. The fourth-order valence-corrected chi connectivity index (χ4v) is 2.40. The highest BCUT2D eigenvalue weighted by molar-refractivity contribution is 5.77. The van der Waals surface area contributed by atoms with Crippen LogP contribution in [-0.2, 0) is 9.53 Å². The minimum Gasteiger partial charge on any atom is -0.481 e. The minimum atomic E-state index is -0.900. The van der Waals surface area contributed by atoms with Gasteiger partial charge >= 0.3 is 12.0 Å². The van der Waals surface area contributed by atoms with Crippen molar-refractivity contribution < 1.29 is 19.4 Å². The zero-order valence-corrected chi connectivity index (χ0v) is 11.5. The summed E-state index contributed by atoms with van der Waals surface area (Å²) >= 11 is 0. The van der Waals surface area contributed by atoms with Gasteiger partial charge in [-0.05, 0) is 25.2 Å². The molecule has 0 aromatic rings. The van der Waals surface area contributed by atoms with E-state index in [-0.39, 0.29) is 24.1 Å². The lowest BCUT2D eigenvalue weighted by Gasteiger charge is -2.29. The number of hydrogen-bond donors (Lipinski definition) is 2. The van der Waals surface area contributed by atoms with Crippen LogP contribution in [-0.4, -0.2) is 54.4 Å². The molecule has 2 amide bonds. The Hall–Kier alpha value is -1.30. The molecule has 1 aliphatic heterocycles. The number of carboxylic acid groups (broad SMARTS) is 1. The van der Waals surface area contributed by atoms with Crippen LogP contribution in [0.25, 0.3) is 0 Å². The van der Waals surface area contributed by atoms with Gasteiger partial charge in [-0.2, -0.15) is 0 Å². The molecule has 1 aliphatic carbocycles. The number of carbonyl (C=O) groups is 2. The third-order valence-electron chi connectivity index (χ3n) is 4.14. The zero-order valence-electron chi connectivity index (χ0n) is 11.5. The van der Waals surface area contributed by atoms with E-state index in [0.717, 1.165) is 12.8 Å². The second-order valence-electron chi connectivity index (χ2n) is 5.80. The molecule has 1 saturated carbocycles. The van der Waals surface area contributed by atoms with E-state index >= 15 is 0 Å². The molecule has 0 aromatic heterocycles. The molecule has 1 saturated heterocycles. The van der Waals surface area contributed by atoms with Crippen LogP contribution in [0.1, 0.15) is 26.7 Å². The van der Waals surface area contributed by atoms with Crippen molar-refractivity contribution in [2.24, 2.45) is 11.3 Å². The van der Waals surface area contributed by atoms with E-state index < -0.39 is 11.9 Å². The molecule has 2 aliphatic rings. The Morgan fingerprint density at radius 3 is 2.63 bits per heavy atom. The first-order valence-electron chi connectivity index (χ1n) is 6.82. The highest BCUT2D eigenvalue weighted by Gasteiger charge is 2.41. The molecule has 1 heterocycles. The third kappa shape index (κ3) is 3.18. The molecule has 0 radical (unpaired) electrons. The molecule has 19 heavy (non-hydrogen) atoms. The topological polar surface area (TPSA) is 78.9 Å². The molecular weight excluding hydrogens is 248 g/mol. The molecule has 0 aromatic carbocycles. The van der Waals surface area contributed by atoms with Gasteiger partial charge in [0.05, 0.1) is 19.3 Å². The average molecular weight is 270 g/mol. The molecule has 2 rings (SSSR count). The first-order valence-corrected chi connectivity index (χ1v) is 6.82. The van der Waals surface area contributed by atoms with Gasteiger partial charge in [-0.1, -0.05) is 6.92 Å². The number of likely N-dealkylation sites (N-methyl/N-ethyl adjacent to an activating group) is 1. The molecule has 2 atom stereocenters. The summed E-state index contributed by atoms with van der Waals surface area (Å²) in [5.74, 6) is -1.52. The molecule has 2 fully saturated rings. The van der Waals surface area contributed by atoms with Crippen LogP contribution >= 0.6 is 0 Å². The SMILES string of the molecule is CCN(C(=O)NCC1(C)CC1)C1COCC1C(=O)O. The first-order chi connectivity index (χ1) is 8.97. The lowest BCUT2D eigenvalue weighted by Crippen LogP contribution is -2.51. The van der Waals surface area contributed by atoms with E-state index in [4.69, 9.17) is 9.84 Å². The van der Waals surface area contributed by atoms with Crippen molar-refractivity contribution in [1.29, 1.82) is 0 Å². The molecule has 0 bridgehead atoms. The predicted octanol–water partition coefficient (Wildman–Crippen LogP) is 0.918. The Labute approximate surface area is 113 Å². The number of urea groups is 1. The van der Waals surface area contributed by atoms with Gasteiger partial charge in [0.1, 0.15) is 5.92 Å². The first kappa shape index (κ1) is 14.1. The third-order valence-corrected chi connectivity index (χ3v) is 4.14. The Morgan fingerprint density at radius 1 is 1.42 bits per heavy atom. The van der Waals surface area contributed by atoms with Gasteiger partial charge in [0.25, 0.3) is 0 Å². The largest absolute Gasteiger partial charge is 0.481 e. The van der Waals surface area contributed by atoms with Crippen LogP contribution in [0.3, 0.4) is 0 Å². The molecular formula is C13H22N2O4. The fourth-order valence-electron chi connectivity index (χ4n) is 2.40. The van der Waals surface area contributed by atoms with Gasteiger partial charge in [0.15, 0.2) is 0 Å². The van der Waals surface area contributed by atoms with Crippen molar-refractivity contribution in [2.45, 2.75) is 32.7 Å². The summed E-state index contributed by atoms with van der Waals surface area (Å²) in [4.78, 5) is 24.9. The minimum absolute atomic E-state index is 0.182. The van der Waals surface area contributed by atoms with Crippen molar-refractivity contribution >= 4 is 12.0 Å². The van der Waals surface area contributed by atoms with Crippen molar-refractivity contribution in [3.8, 4) is 0 Å². The smallest absolute Gasteiger partial charge is 0.317 e. The summed E-state index contributed by atoms with van der Waals surface area (Å²) in [6, 6.07) is -0.549. The van der Waals surface area contributed by atoms with Gasteiger partial charge < -0.3 is 20.1 Å². The van der Waals surface area contributed by atoms with Crippen LogP contribution in [0.4, 0.5) is 4.79 Å². The van der Waals surface area contributed by atoms with Gasteiger partial charge in [0.2, 0.25) is 0 Å². The van der Waals surface area contributed by atoms with Crippen molar-refractivity contribution in [3.63, 3.8) is 0 Å². The summed E-state index contributed by atoms with van der Waals surface area (Å²) in [7, 11) is 0. The highest BCUT2D eigenvalue weighted by atomic mass is 16.5. The van der Waals surface area contributed by atoms with Crippen molar-refractivity contribution in [3.05, 3.63) is 0 Å². The summed E-state index contributed by atoms with van der Waals surface area (Å²) in [5, 5.41) is 12.1. The van der Waals surface area contributed by atoms with Crippen LogP contribution in [0.2, 0.25) is 0 Å². The molecule has 0 spiro atoms. The number of carbonyl (C=O) groups excluding carboxylic acids is 1. The number of nitrogens with one attached hydrogen (secondary N) is 1. The van der Waals surface area contributed by atoms with Crippen molar-refractivity contribution in [2.75, 3.05) is 26.3 Å². The number of ether oxygens (including phenoxy) is 1. The lowest BCUT2D eigenvalue weighted by atomic mass is 10.0. The maximum Gasteiger partial charge on any atom is 0.317 e. The summed E-state index contributed by atoms with van der Waals surface area (Å²) < 4.78 is 5.22. The van der Waals surface area contributed by atoms with Crippen LogP contribution in [0.5, 0.6) is 0 Å². The number of aliphatic carboxylic acids is 1. The van der Waals surface area contributed by atoms with E-state index in [9.17, 15) is 9.59 Å². The van der Waals surface area contributed by atoms with Crippen LogP contribution in [0.15, 0.2) is 0 Å². The van der Waals surface area contributed by atoms with Crippen LogP contribution in [0, 0.1) is 11.3 Å². The summed E-state index contributed by atoms with van der Waals surface area (Å²) in [6.45, 7) is 5.63. The monoisotopic (exact) mass is 270 g/mol. The maximum absolute atomic E-state index is 12.2. The number of hydrogen-bond acceptors (Lipinski definition) is 3.